The molecule has 0 spiro atoms. The Morgan fingerprint density at radius 1 is 1.03 bits per heavy atom. The van der Waals surface area contributed by atoms with E-state index in [2.05, 4.69) is 31.3 Å². The molecule has 0 bridgehead atoms. The maximum absolute atomic E-state index is 13.2. The van der Waals surface area contributed by atoms with Crippen LogP contribution in [0.5, 0.6) is 0 Å². The fourth-order valence-electron chi connectivity index (χ4n) is 3.94. The number of ether oxygens (including phenoxy) is 1. The Kier molecular flexibility index (Phi) is 5.66. The Hall–Kier alpha value is -4.66. The lowest BCUT2D eigenvalue weighted by Gasteiger charge is -2.15. The number of amides is 1. The maximum atomic E-state index is 13.2. The zero-order chi connectivity index (χ0) is 24.5. The molecule has 5 aromatic rings. The van der Waals surface area contributed by atoms with Gasteiger partial charge in [0.1, 0.15) is 11.8 Å². The van der Waals surface area contributed by atoms with Crippen LogP contribution >= 0.6 is 0 Å². The molecular formula is C26H22N6O3. The Bertz CT molecular complexity index is 1590. The normalized spacial score (nSPS) is 12.0. The average molecular weight is 467 g/mol. The fraction of sp³-hybridized carbons (Fsp3) is 0.154. The number of para-hydroxylation sites is 1. The van der Waals surface area contributed by atoms with Gasteiger partial charge < -0.3 is 15.0 Å². The Morgan fingerprint density at radius 2 is 1.86 bits per heavy atom. The number of rotatable bonds is 5. The first-order valence-electron chi connectivity index (χ1n) is 11.0. The van der Waals surface area contributed by atoms with Gasteiger partial charge in [-0.2, -0.15) is 0 Å². The van der Waals surface area contributed by atoms with Crippen LogP contribution in [0.4, 0.5) is 5.82 Å². The summed E-state index contributed by atoms with van der Waals surface area (Å²) in [4.78, 5) is 45.8. The lowest BCUT2D eigenvalue weighted by Crippen LogP contribution is -2.30. The highest BCUT2D eigenvalue weighted by Crippen LogP contribution is 2.28. The molecule has 0 saturated carbocycles. The van der Waals surface area contributed by atoms with Crippen LogP contribution in [-0.4, -0.2) is 42.9 Å². The van der Waals surface area contributed by atoms with Crippen LogP contribution in [0.15, 0.2) is 61.2 Å². The molecule has 1 atom stereocenters. The van der Waals surface area contributed by atoms with E-state index in [1.54, 1.807) is 6.07 Å². The summed E-state index contributed by atoms with van der Waals surface area (Å²) in [6.45, 7) is 5.54. The maximum Gasteiger partial charge on any atom is 0.339 e. The van der Waals surface area contributed by atoms with E-state index in [0.717, 1.165) is 16.7 Å². The summed E-state index contributed by atoms with van der Waals surface area (Å²) >= 11 is 0. The van der Waals surface area contributed by atoms with E-state index < -0.39 is 18.0 Å². The number of benzene rings is 2. The number of hydrogen-bond acceptors (Lipinski definition) is 7. The number of aryl methyl sites for hydroxylation is 2. The molecule has 2 N–H and O–H groups in total. The molecule has 9 nitrogen and oxygen atoms in total. The number of nitrogens with zero attached hydrogens (tertiary/aromatic N) is 4. The summed E-state index contributed by atoms with van der Waals surface area (Å²) in [5, 5.41) is 3.31. The number of fused-ring (bicyclic) bond motifs is 2. The SMILES string of the molecule is Cc1ccc(-c2cc(C(=O)OC(C)C(=O)Nc3ncnc4nc[nH]c34)c3ccccc3n2)c(C)c1. The van der Waals surface area contributed by atoms with Crippen LogP contribution in [-0.2, 0) is 9.53 Å². The van der Waals surface area contributed by atoms with Crippen LogP contribution in [0.1, 0.15) is 28.4 Å². The van der Waals surface area contributed by atoms with E-state index in [4.69, 9.17) is 9.72 Å². The molecule has 0 aliphatic carbocycles. The summed E-state index contributed by atoms with van der Waals surface area (Å²) in [6, 6.07) is 15.1. The minimum Gasteiger partial charge on any atom is -0.449 e. The van der Waals surface area contributed by atoms with Gasteiger partial charge >= 0.3 is 5.97 Å². The number of pyridine rings is 1. The Morgan fingerprint density at radius 3 is 2.69 bits per heavy atom. The monoisotopic (exact) mass is 466 g/mol. The largest absolute Gasteiger partial charge is 0.449 e. The second-order valence-corrected chi connectivity index (χ2v) is 8.25. The van der Waals surface area contributed by atoms with Crippen molar-refractivity contribution in [2.24, 2.45) is 0 Å². The van der Waals surface area contributed by atoms with Gasteiger partial charge in [-0.25, -0.2) is 24.7 Å². The van der Waals surface area contributed by atoms with Crippen molar-refractivity contribution in [1.82, 2.24) is 24.9 Å². The first kappa shape index (κ1) is 22.1. The molecule has 5 rings (SSSR count). The Labute approximate surface area is 200 Å². The van der Waals surface area contributed by atoms with Gasteiger partial charge in [0.15, 0.2) is 17.6 Å². The summed E-state index contributed by atoms with van der Waals surface area (Å²) in [7, 11) is 0. The molecule has 3 aromatic heterocycles. The summed E-state index contributed by atoms with van der Waals surface area (Å²) in [6.07, 6.45) is 1.68. The first-order chi connectivity index (χ1) is 16.9. The van der Waals surface area contributed by atoms with Crippen molar-refractivity contribution in [1.29, 1.82) is 0 Å². The van der Waals surface area contributed by atoms with Crippen molar-refractivity contribution in [3.63, 3.8) is 0 Å². The highest BCUT2D eigenvalue weighted by Gasteiger charge is 2.23. The molecular weight excluding hydrogens is 444 g/mol. The third kappa shape index (κ3) is 4.31. The molecule has 35 heavy (non-hydrogen) atoms. The van der Waals surface area contributed by atoms with Crippen molar-refractivity contribution in [2.45, 2.75) is 26.9 Å². The van der Waals surface area contributed by atoms with E-state index in [9.17, 15) is 9.59 Å². The summed E-state index contributed by atoms with van der Waals surface area (Å²) in [5.41, 5.74) is 5.68. The molecule has 1 amide bonds. The molecule has 0 aliphatic rings. The minimum atomic E-state index is -1.08. The standard InChI is InChI=1S/C26H22N6O3/c1-14-8-9-17(15(2)10-14)21-11-19(18-6-4-5-7-20(18)31-21)26(34)35-16(3)25(33)32-24-22-23(28-12-27-22)29-13-30-24/h4-13,16H,1-3H3,(H2,27,28,29,30,32,33). The van der Waals surface area contributed by atoms with E-state index in [1.807, 2.05) is 50.2 Å². The minimum absolute atomic E-state index is 0.256. The predicted molar refractivity (Wildman–Crippen MR) is 132 cm³/mol. The van der Waals surface area contributed by atoms with Crippen LogP contribution in [0, 0.1) is 13.8 Å². The van der Waals surface area contributed by atoms with Crippen LogP contribution in [0.3, 0.4) is 0 Å². The van der Waals surface area contributed by atoms with Gasteiger partial charge in [0.25, 0.3) is 5.91 Å². The second kappa shape index (κ2) is 8.94. The second-order valence-electron chi connectivity index (χ2n) is 8.25. The number of imidazole rings is 1. The number of H-pyrrole nitrogens is 1. The predicted octanol–water partition coefficient (Wildman–Crippen LogP) is 4.37. The van der Waals surface area contributed by atoms with Crippen molar-refractivity contribution >= 4 is 39.8 Å². The number of carbonyl (C=O) groups excluding carboxylic acids is 2. The van der Waals surface area contributed by atoms with Crippen molar-refractivity contribution in [3.8, 4) is 11.3 Å². The van der Waals surface area contributed by atoms with Gasteiger partial charge in [-0.05, 0) is 38.5 Å². The zero-order valence-electron chi connectivity index (χ0n) is 19.4. The number of hydrogen-bond donors (Lipinski definition) is 2. The van der Waals surface area contributed by atoms with E-state index in [-0.39, 0.29) is 5.82 Å². The highest BCUT2D eigenvalue weighted by atomic mass is 16.5. The van der Waals surface area contributed by atoms with Crippen molar-refractivity contribution in [3.05, 3.63) is 77.9 Å². The number of esters is 1. The summed E-state index contributed by atoms with van der Waals surface area (Å²) in [5.74, 6) is -0.889. The number of aromatic nitrogens is 5. The van der Waals surface area contributed by atoms with E-state index in [0.29, 0.717) is 33.3 Å². The summed E-state index contributed by atoms with van der Waals surface area (Å²) < 4.78 is 5.56. The lowest BCUT2D eigenvalue weighted by atomic mass is 9.99. The van der Waals surface area contributed by atoms with Gasteiger partial charge in [-0.1, -0.05) is 42.0 Å². The molecule has 0 radical (unpaired) electrons. The van der Waals surface area contributed by atoms with Gasteiger partial charge in [0, 0.05) is 10.9 Å². The molecule has 9 heteroatoms. The molecule has 2 aromatic carbocycles. The molecule has 0 fully saturated rings. The quantitative estimate of drug-likeness (QED) is 0.369. The molecule has 0 saturated heterocycles. The van der Waals surface area contributed by atoms with Crippen molar-refractivity contribution < 1.29 is 14.3 Å². The van der Waals surface area contributed by atoms with Gasteiger partial charge in [-0.15, -0.1) is 0 Å². The van der Waals surface area contributed by atoms with Crippen LogP contribution in [0.2, 0.25) is 0 Å². The Balaban J connectivity index is 1.44. The fourth-order valence-corrected chi connectivity index (χ4v) is 3.94. The third-order valence-electron chi connectivity index (χ3n) is 5.71. The first-order valence-corrected chi connectivity index (χ1v) is 11.0. The van der Waals surface area contributed by atoms with Crippen LogP contribution < -0.4 is 5.32 Å². The number of carbonyl (C=O) groups is 2. The smallest absolute Gasteiger partial charge is 0.339 e. The lowest BCUT2D eigenvalue weighted by molar-refractivity contribution is -0.123. The highest BCUT2D eigenvalue weighted by molar-refractivity contribution is 6.06. The van der Waals surface area contributed by atoms with Gasteiger partial charge in [0.2, 0.25) is 0 Å². The number of aromatic amines is 1. The van der Waals surface area contributed by atoms with Crippen LogP contribution in [0.25, 0.3) is 33.3 Å². The van der Waals surface area contributed by atoms with E-state index >= 15 is 0 Å². The molecule has 174 valence electrons. The third-order valence-corrected chi connectivity index (χ3v) is 5.71. The molecule has 0 aliphatic heterocycles. The topological polar surface area (TPSA) is 123 Å². The van der Waals surface area contributed by atoms with Gasteiger partial charge in [0.05, 0.1) is 23.1 Å². The molecule has 3 heterocycles. The average Bonchev–Trinajstić information content (AvgIpc) is 3.33. The zero-order valence-corrected chi connectivity index (χ0v) is 19.4. The number of nitrogens with one attached hydrogen (secondary N) is 2. The van der Waals surface area contributed by atoms with E-state index in [1.165, 1.54) is 19.6 Å². The van der Waals surface area contributed by atoms with Gasteiger partial charge in [-0.3, -0.25) is 4.79 Å². The van der Waals surface area contributed by atoms with Crippen molar-refractivity contribution in [2.75, 3.05) is 5.32 Å². The molecule has 1 unspecified atom stereocenters. The number of anilines is 1.